The molecular formula is C16H18N2O2. The number of benzene rings is 2. The summed E-state index contributed by atoms with van der Waals surface area (Å²) in [4.78, 5) is 12.1. The molecule has 4 heteroatoms. The highest BCUT2D eigenvalue weighted by Crippen LogP contribution is 2.24. The number of hydrogen-bond donors (Lipinski definition) is 2. The van der Waals surface area contributed by atoms with Crippen LogP contribution in [0, 0.1) is 6.92 Å². The van der Waals surface area contributed by atoms with Gasteiger partial charge in [-0.2, -0.15) is 0 Å². The summed E-state index contributed by atoms with van der Waals surface area (Å²) in [6.07, 6.45) is 0. The van der Waals surface area contributed by atoms with Crippen LogP contribution in [-0.2, 0) is 6.54 Å². The molecule has 0 fully saturated rings. The topological polar surface area (TPSA) is 64.3 Å². The molecule has 2 aromatic rings. The van der Waals surface area contributed by atoms with E-state index in [9.17, 15) is 4.79 Å². The molecule has 1 amide bonds. The van der Waals surface area contributed by atoms with Crippen LogP contribution in [0.2, 0.25) is 0 Å². The molecule has 0 saturated carbocycles. The minimum Gasteiger partial charge on any atom is -0.495 e. The minimum atomic E-state index is -0.207. The Labute approximate surface area is 118 Å². The third kappa shape index (κ3) is 3.09. The average Bonchev–Trinajstić information content (AvgIpc) is 2.46. The average molecular weight is 270 g/mol. The summed E-state index contributed by atoms with van der Waals surface area (Å²) < 4.78 is 5.11. The third-order valence-electron chi connectivity index (χ3n) is 3.10. The minimum absolute atomic E-state index is 0.207. The second kappa shape index (κ2) is 6.10. The van der Waals surface area contributed by atoms with Crippen LogP contribution in [-0.4, -0.2) is 13.0 Å². The molecular weight excluding hydrogens is 252 g/mol. The maximum Gasteiger partial charge on any atom is 0.253 e. The van der Waals surface area contributed by atoms with Gasteiger partial charge in [0.25, 0.3) is 5.91 Å². The number of anilines is 1. The standard InChI is InChI=1S/C16H18N2O2/c1-11-6-8-12(9-7-11)10-18-16(19)13-4-3-5-14(20-2)15(13)17/h3-9H,10,17H2,1-2H3,(H,18,19). The summed E-state index contributed by atoms with van der Waals surface area (Å²) in [5, 5.41) is 2.85. The van der Waals surface area contributed by atoms with E-state index in [-0.39, 0.29) is 5.91 Å². The van der Waals surface area contributed by atoms with Gasteiger partial charge in [0.15, 0.2) is 0 Å². The first-order valence-corrected chi connectivity index (χ1v) is 6.38. The maximum absolute atomic E-state index is 12.1. The molecule has 0 radical (unpaired) electrons. The smallest absolute Gasteiger partial charge is 0.253 e. The predicted octanol–water partition coefficient (Wildman–Crippen LogP) is 2.52. The van der Waals surface area contributed by atoms with Crippen LogP contribution in [0.3, 0.4) is 0 Å². The molecule has 20 heavy (non-hydrogen) atoms. The van der Waals surface area contributed by atoms with Gasteiger partial charge in [-0.25, -0.2) is 0 Å². The van der Waals surface area contributed by atoms with Crippen molar-refractivity contribution in [3.8, 4) is 5.75 Å². The van der Waals surface area contributed by atoms with Crippen molar-refractivity contribution in [3.05, 3.63) is 59.2 Å². The number of carbonyl (C=O) groups excluding carboxylic acids is 1. The highest BCUT2D eigenvalue weighted by molar-refractivity contribution is 6.00. The summed E-state index contributed by atoms with van der Waals surface area (Å²) in [5.74, 6) is 0.301. The molecule has 4 nitrogen and oxygen atoms in total. The van der Waals surface area contributed by atoms with E-state index < -0.39 is 0 Å². The summed E-state index contributed by atoms with van der Waals surface area (Å²) >= 11 is 0. The molecule has 0 unspecified atom stereocenters. The monoisotopic (exact) mass is 270 g/mol. The number of nitrogens with two attached hydrogens (primary N) is 1. The quantitative estimate of drug-likeness (QED) is 0.839. The Morgan fingerprint density at radius 2 is 1.90 bits per heavy atom. The molecule has 0 aliphatic rings. The molecule has 0 aliphatic heterocycles. The zero-order valence-corrected chi connectivity index (χ0v) is 11.6. The van der Waals surface area contributed by atoms with E-state index >= 15 is 0 Å². The van der Waals surface area contributed by atoms with E-state index in [1.165, 1.54) is 12.7 Å². The number of carbonyl (C=O) groups is 1. The normalized spacial score (nSPS) is 10.1. The van der Waals surface area contributed by atoms with Gasteiger partial charge in [0.1, 0.15) is 5.75 Å². The van der Waals surface area contributed by atoms with Crippen molar-refractivity contribution in [1.82, 2.24) is 5.32 Å². The summed E-state index contributed by atoms with van der Waals surface area (Å²) in [6.45, 7) is 2.50. The molecule has 0 atom stereocenters. The molecule has 2 rings (SSSR count). The Morgan fingerprint density at radius 1 is 1.20 bits per heavy atom. The number of rotatable bonds is 4. The van der Waals surface area contributed by atoms with E-state index in [4.69, 9.17) is 10.5 Å². The zero-order valence-electron chi connectivity index (χ0n) is 11.6. The predicted molar refractivity (Wildman–Crippen MR) is 79.8 cm³/mol. The first-order valence-electron chi connectivity index (χ1n) is 6.38. The lowest BCUT2D eigenvalue weighted by atomic mass is 10.1. The zero-order chi connectivity index (χ0) is 14.5. The van der Waals surface area contributed by atoms with E-state index in [1.54, 1.807) is 18.2 Å². The lowest BCUT2D eigenvalue weighted by Crippen LogP contribution is -2.23. The van der Waals surface area contributed by atoms with Gasteiger partial charge in [-0.3, -0.25) is 4.79 Å². The molecule has 0 aliphatic carbocycles. The summed E-state index contributed by atoms with van der Waals surface area (Å²) in [5.41, 5.74) is 8.92. The van der Waals surface area contributed by atoms with Crippen molar-refractivity contribution in [2.24, 2.45) is 0 Å². The van der Waals surface area contributed by atoms with Crippen molar-refractivity contribution in [2.75, 3.05) is 12.8 Å². The molecule has 3 N–H and O–H groups in total. The lowest BCUT2D eigenvalue weighted by molar-refractivity contribution is 0.0951. The van der Waals surface area contributed by atoms with Crippen LogP contribution in [0.25, 0.3) is 0 Å². The lowest BCUT2D eigenvalue weighted by Gasteiger charge is -2.10. The van der Waals surface area contributed by atoms with Gasteiger partial charge >= 0.3 is 0 Å². The maximum atomic E-state index is 12.1. The molecule has 0 aromatic heterocycles. The fourth-order valence-corrected chi connectivity index (χ4v) is 1.90. The Morgan fingerprint density at radius 3 is 2.55 bits per heavy atom. The van der Waals surface area contributed by atoms with Crippen LogP contribution < -0.4 is 15.8 Å². The Balaban J connectivity index is 2.07. The molecule has 104 valence electrons. The second-order valence-corrected chi connectivity index (χ2v) is 4.59. The Hall–Kier alpha value is -2.49. The number of hydrogen-bond acceptors (Lipinski definition) is 3. The summed E-state index contributed by atoms with van der Waals surface area (Å²) in [6, 6.07) is 13.2. The molecule has 2 aromatic carbocycles. The third-order valence-corrected chi connectivity index (χ3v) is 3.10. The number of ether oxygens (including phenoxy) is 1. The van der Waals surface area contributed by atoms with Gasteiger partial charge in [0.05, 0.1) is 18.4 Å². The van der Waals surface area contributed by atoms with Gasteiger partial charge in [0, 0.05) is 6.54 Å². The summed E-state index contributed by atoms with van der Waals surface area (Å²) in [7, 11) is 1.53. The first kappa shape index (κ1) is 13.9. The number of nitrogens with one attached hydrogen (secondary N) is 1. The van der Waals surface area contributed by atoms with Crippen molar-refractivity contribution in [3.63, 3.8) is 0 Å². The highest BCUT2D eigenvalue weighted by Gasteiger charge is 2.12. The van der Waals surface area contributed by atoms with Crippen LogP contribution in [0.15, 0.2) is 42.5 Å². The van der Waals surface area contributed by atoms with E-state index in [0.29, 0.717) is 23.5 Å². The van der Waals surface area contributed by atoms with E-state index in [0.717, 1.165) is 5.56 Å². The van der Waals surface area contributed by atoms with E-state index in [2.05, 4.69) is 5.32 Å². The van der Waals surface area contributed by atoms with Crippen LogP contribution in [0.1, 0.15) is 21.5 Å². The van der Waals surface area contributed by atoms with Gasteiger partial charge < -0.3 is 15.8 Å². The number of nitrogen functional groups attached to an aromatic ring is 1. The van der Waals surface area contributed by atoms with Crippen molar-refractivity contribution in [2.45, 2.75) is 13.5 Å². The highest BCUT2D eigenvalue weighted by atomic mass is 16.5. The number of amides is 1. The van der Waals surface area contributed by atoms with Crippen LogP contribution in [0.5, 0.6) is 5.75 Å². The number of para-hydroxylation sites is 1. The van der Waals surface area contributed by atoms with Crippen LogP contribution >= 0.6 is 0 Å². The molecule has 0 heterocycles. The SMILES string of the molecule is COc1cccc(C(=O)NCc2ccc(C)cc2)c1N. The van der Waals surface area contributed by atoms with Crippen molar-refractivity contribution in [1.29, 1.82) is 0 Å². The molecule has 0 spiro atoms. The fourth-order valence-electron chi connectivity index (χ4n) is 1.90. The van der Waals surface area contributed by atoms with Gasteiger partial charge in [-0.05, 0) is 24.6 Å². The van der Waals surface area contributed by atoms with Gasteiger partial charge in [-0.15, -0.1) is 0 Å². The first-order chi connectivity index (χ1) is 9.61. The fraction of sp³-hybridized carbons (Fsp3) is 0.188. The van der Waals surface area contributed by atoms with Crippen LogP contribution in [0.4, 0.5) is 5.69 Å². The number of aryl methyl sites for hydroxylation is 1. The largest absolute Gasteiger partial charge is 0.495 e. The van der Waals surface area contributed by atoms with Crippen molar-refractivity contribution < 1.29 is 9.53 Å². The number of methoxy groups -OCH3 is 1. The van der Waals surface area contributed by atoms with Crippen molar-refractivity contribution >= 4 is 11.6 Å². The molecule has 0 bridgehead atoms. The van der Waals surface area contributed by atoms with E-state index in [1.807, 2.05) is 31.2 Å². The van der Waals surface area contributed by atoms with Gasteiger partial charge in [0.2, 0.25) is 0 Å². The Bertz CT molecular complexity index is 606. The van der Waals surface area contributed by atoms with Gasteiger partial charge in [-0.1, -0.05) is 35.9 Å². The molecule has 0 saturated heterocycles. The second-order valence-electron chi connectivity index (χ2n) is 4.59. The Kier molecular flexibility index (Phi) is 4.25.